The fourth-order valence-electron chi connectivity index (χ4n) is 12.4. The molecule has 1 aliphatic heterocycles. The number of fused-ring (bicyclic) bond motifs is 5. The lowest BCUT2D eigenvalue weighted by Crippen LogP contribution is -2.33. The van der Waals surface area contributed by atoms with Gasteiger partial charge >= 0.3 is 6.01 Å². The molecule has 0 spiro atoms. The average Bonchev–Trinajstić information content (AvgIpc) is 1.92. The van der Waals surface area contributed by atoms with Crippen LogP contribution in [-0.2, 0) is 21.7 Å². The van der Waals surface area contributed by atoms with E-state index in [-0.39, 0.29) is 45.6 Å². The number of hydrogen-bond acceptors (Lipinski definition) is 2. The number of ether oxygens (including phenoxy) is 1. The third-order valence-electron chi connectivity index (χ3n) is 17.0. The number of pyridine rings is 1. The summed E-state index contributed by atoms with van der Waals surface area (Å²) in [6.07, 6.45) is 3.10. The molecule has 5 heteroatoms. The van der Waals surface area contributed by atoms with Crippen LogP contribution in [0.1, 0.15) is 118 Å². The van der Waals surface area contributed by atoms with Gasteiger partial charge in [-0.15, -0.1) is 0 Å². The molecule has 5 nitrogen and oxygen atoms in total. The highest BCUT2D eigenvalue weighted by Crippen LogP contribution is 2.50. The maximum Gasteiger partial charge on any atom is 0.503 e. The minimum atomic E-state index is -2.69. The van der Waals surface area contributed by atoms with Crippen LogP contribution in [0.3, 0.4) is 0 Å². The van der Waals surface area contributed by atoms with E-state index in [1.165, 1.54) is 17.3 Å². The van der Waals surface area contributed by atoms with Crippen molar-refractivity contribution in [2.24, 2.45) is 0 Å². The first-order chi connectivity index (χ1) is 41.8. The van der Waals surface area contributed by atoms with Gasteiger partial charge in [0.2, 0.25) is 11.4 Å². The molecular formula is C77H72N4O+2. The number of aromatic nitrogens is 2. The van der Waals surface area contributed by atoms with Gasteiger partial charge in [-0.1, -0.05) is 203 Å². The molecule has 0 fully saturated rings. The number of hydrogen-bond donors (Lipinski definition) is 0. The van der Waals surface area contributed by atoms with Crippen molar-refractivity contribution in [3.05, 3.63) is 240 Å². The number of para-hydroxylation sites is 3. The summed E-state index contributed by atoms with van der Waals surface area (Å²) in [6.45, 7) is 19.2. The first kappa shape index (κ1) is 45.8. The van der Waals surface area contributed by atoms with Gasteiger partial charge in [0, 0.05) is 50.9 Å². The minimum Gasteiger partial charge on any atom is -0.457 e. The van der Waals surface area contributed by atoms with Gasteiger partial charge in [-0.25, -0.2) is 4.98 Å². The molecule has 2 aliphatic rings. The fourth-order valence-corrected chi connectivity index (χ4v) is 12.4. The fraction of sp³-hybridized carbons (Fsp3) is 0.221. The molecule has 11 aromatic rings. The Labute approximate surface area is 492 Å². The van der Waals surface area contributed by atoms with Gasteiger partial charge in [-0.05, 0) is 149 Å². The Bertz CT molecular complexity index is 4740. The zero-order valence-electron chi connectivity index (χ0n) is 54.6. The SMILES string of the molecule is [2H]c1c([2H])c2c(c([2H])c1-c1cnc(-n3c4cc(Oc5cccc([N+]6=C=[N+](c7c(-c8cccc(C(C)(C)C)c8)cccc7-c7ccccc7C(C)(C)C)c7ccccc76)c5)ccc4c4c(-c5ccccc5)cccc43)cc1C([2H])([2H])[2H])C(C)(C)CCC2(C)C. The van der Waals surface area contributed by atoms with Crippen LogP contribution < -0.4 is 13.9 Å². The third-order valence-corrected chi connectivity index (χ3v) is 17.0. The highest BCUT2D eigenvalue weighted by Gasteiger charge is 2.41. The van der Waals surface area contributed by atoms with Gasteiger partial charge in [0.15, 0.2) is 0 Å². The Kier molecular flexibility index (Phi) is 11.0. The Balaban J connectivity index is 0.969. The summed E-state index contributed by atoms with van der Waals surface area (Å²) in [7, 11) is 0. The van der Waals surface area contributed by atoms with Crippen LogP contribution in [0.4, 0.5) is 22.7 Å². The van der Waals surface area contributed by atoms with Crippen molar-refractivity contribution >= 4 is 50.6 Å². The molecule has 0 N–H and O–H groups in total. The van der Waals surface area contributed by atoms with Crippen LogP contribution in [0.15, 0.2) is 212 Å². The molecule has 0 amide bonds. The maximum absolute atomic E-state index is 9.78. The number of rotatable bonds is 9. The van der Waals surface area contributed by atoms with E-state index in [0.29, 0.717) is 28.4 Å². The summed E-state index contributed by atoms with van der Waals surface area (Å²) in [5.41, 5.74) is 14.9. The lowest BCUT2D eigenvalue weighted by atomic mass is 9.63. The van der Waals surface area contributed by atoms with Crippen LogP contribution in [0.5, 0.6) is 11.5 Å². The standard InChI is InChI=1S/C77H72N4O/c1-50-43-71(78-48-63(50)53-37-40-65-66(45-53)77(10,11)42-41-76(65,8)9)81-69-36-22-30-58(51-23-13-12-14-24-51)72(69)62-39-38-57(47-70(62)81)82-56-28-20-27-55(46-56)79-49-80(68-35-18-17-34-67(68)79)73-59(52-25-19-26-54(44-52)74(2,3)4)31-21-32-61(73)60-29-15-16-33-64(60)75(5,6)7/h12-40,43-48H,41-42H2,1-11H3/q+2/i1D3,37D,40D,45D. The van der Waals surface area contributed by atoms with Gasteiger partial charge in [0.1, 0.15) is 17.3 Å². The molecule has 2 aromatic heterocycles. The number of nitrogens with zero attached hydrogens (tertiary/aromatic N) is 4. The van der Waals surface area contributed by atoms with Crippen molar-refractivity contribution in [3.63, 3.8) is 0 Å². The first-order valence-corrected chi connectivity index (χ1v) is 28.7. The quantitative estimate of drug-likeness (QED) is 0.135. The minimum absolute atomic E-state index is 0.0308. The van der Waals surface area contributed by atoms with E-state index in [4.69, 9.17) is 13.8 Å². The van der Waals surface area contributed by atoms with Crippen molar-refractivity contribution in [2.75, 3.05) is 0 Å². The zero-order valence-corrected chi connectivity index (χ0v) is 48.6. The van der Waals surface area contributed by atoms with Gasteiger partial charge in [0.05, 0.1) is 32.3 Å². The topological polar surface area (TPSA) is 33.1 Å². The van der Waals surface area contributed by atoms with Crippen LogP contribution in [0, 0.1) is 6.85 Å². The van der Waals surface area contributed by atoms with Gasteiger partial charge < -0.3 is 4.74 Å². The third kappa shape index (κ3) is 9.18. The van der Waals surface area contributed by atoms with Crippen molar-refractivity contribution < 1.29 is 13.0 Å². The van der Waals surface area contributed by atoms with E-state index in [0.717, 1.165) is 90.8 Å². The van der Waals surface area contributed by atoms with Crippen molar-refractivity contribution in [1.29, 1.82) is 0 Å². The molecule has 82 heavy (non-hydrogen) atoms. The van der Waals surface area contributed by atoms with Crippen molar-refractivity contribution in [1.82, 2.24) is 18.7 Å². The smallest absolute Gasteiger partial charge is 0.457 e. The normalized spacial score (nSPS) is 15.8. The number of aryl methyl sites for hydroxylation is 1. The largest absolute Gasteiger partial charge is 0.503 e. The highest BCUT2D eigenvalue weighted by atomic mass is 16.5. The highest BCUT2D eigenvalue weighted by molar-refractivity contribution is 6.16. The van der Waals surface area contributed by atoms with E-state index < -0.39 is 17.7 Å². The second-order valence-corrected chi connectivity index (χ2v) is 25.6. The van der Waals surface area contributed by atoms with Crippen molar-refractivity contribution in [3.8, 4) is 61.8 Å². The van der Waals surface area contributed by atoms with E-state index in [1.807, 2.05) is 65.2 Å². The second kappa shape index (κ2) is 19.7. The number of benzene rings is 9. The average molecular weight is 1080 g/mol. The van der Waals surface area contributed by atoms with Gasteiger partial charge in [-0.3, -0.25) is 4.57 Å². The lowest BCUT2D eigenvalue weighted by Gasteiger charge is -2.42. The van der Waals surface area contributed by atoms with E-state index in [2.05, 4.69) is 206 Å². The molecule has 0 saturated carbocycles. The molecule has 0 saturated heterocycles. The molecule has 0 radical (unpaired) electrons. The molecular weight excluding hydrogens is 997 g/mol. The molecule has 0 bridgehead atoms. The molecule has 0 unspecified atom stereocenters. The summed E-state index contributed by atoms with van der Waals surface area (Å²) in [5.74, 6) is 1.49. The predicted octanol–water partition coefficient (Wildman–Crippen LogP) is 20.7. The molecule has 13 rings (SSSR count). The van der Waals surface area contributed by atoms with E-state index in [9.17, 15) is 4.11 Å². The van der Waals surface area contributed by atoms with Crippen LogP contribution in [0.25, 0.3) is 72.1 Å². The lowest BCUT2D eigenvalue weighted by molar-refractivity contribution is 0.332. The van der Waals surface area contributed by atoms with Crippen LogP contribution in [0.2, 0.25) is 0 Å². The van der Waals surface area contributed by atoms with E-state index >= 15 is 0 Å². The molecule has 0 atom stereocenters. The van der Waals surface area contributed by atoms with Crippen LogP contribution >= 0.6 is 0 Å². The summed E-state index contributed by atoms with van der Waals surface area (Å²) >= 11 is 0. The molecule has 9 aromatic carbocycles. The summed E-state index contributed by atoms with van der Waals surface area (Å²) in [4.78, 5) is 5.08. The molecule has 404 valence electrons. The van der Waals surface area contributed by atoms with E-state index in [1.54, 1.807) is 6.07 Å². The van der Waals surface area contributed by atoms with Crippen molar-refractivity contribution in [2.45, 2.75) is 111 Å². The second-order valence-electron chi connectivity index (χ2n) is 25.6. The maximum atomic E-state index is 9.78. The molecule has 3 heterocycles. The predicted molar refractivity (Wildman–Crippen MR) is 345 cm³/mol. The Morgan fingerprint density at radius 2 is 1.21 bits per heavy atom. The zero-order chi connectivity index (χ0) is 62.0. The Morgan fingerprint density at radius 3 is 1.99 bits per heavy atom. The first-order valence-electron chi connectivity index (χ1n) is 31.7. The monoisotopic (exact) mass is 1070 g/mol. The Morgan fingerprint density at radius 1 is 0.549 bits per heavy atom. The van der Waals surface area contributed by atoms with Gasteiger partial charge in [-0.2, -0.15) is 0 Å². The summed E-state index contributed by atoms with van der Waals surface area (Å²) in [5, 5.41) is 1.86. The molecule has 1 aliphatic carbocycles. The van der Waals surface area contributed by atoms with Gasteiger partial charge in [0.25, 0.3) is 11.4 Å². The summed E-state index contributed by atoms with van der Waals surface area (Å²) in [6, 6.07) is 68.6. The van der Waals surface area contributed by atoms with Crippen LogP contribution in [-0.4, -0.2) is 15.6 Å². The Hall–Kier alpha value is -8.89. The summed E-state index contributed by atoms with van der Waals surface area (Å²) < 4.78 is 69.1.